The molecule has 1 N–H and O–H groups in total. The van der Waals surface area contributed by atoms with E-state index in [1.807, 2.05) is 19.9 Å². The predicted molar refractivity (Wildman–Crippen MR) is 70.3 cm³/mol. The van der Waals surface area contributed by atoms with Crippen molar-refractivity contribution < 1.29 is 0 Å². The van der Waals surface area contributed by atoms with Crippen LogP contribution in [0.25, 0.3) is 0 Å². The Bertz CT molecular complexity index is 429. The van der Waals surface area contributed by atoms with Gasteiger partial charge in [0.25, 0.3) is 5.56 Å². The molecule has 0 bridgehead atoms. The quantitative estimate of drug-likeness (QED) is 0.866. The molecule has 0 unspecified atom stereocenters. The summed E-state index contributed by atoms with van der Waals surface area (Å²) >= 11 is 0. The Balaban J connectivity index is 3.24. The van der Waals surface area contributed by atoms with Crippen LogP contribution in [0.4, 0.5) is 0 Å². The van der Waals surface area contributed by atoms with E-state index < -0.39 is 0 Å². The second-order valence-corrected chi connectivity index (χ2v) is 5.21. The maximum Gasteiger partial charge on any atom is 0.271 e. The lowest BCUT2D eigenvalue weighted by molar-refractivity contribution is 0.504. The molecular weight excluding hydrogens is 214 g/mol. The molecule has 0 saturated carbocycles. The van der Waals surface area contributed by atoms with Crippen molar-refractivity contribution in [1.82, 2.24) is 15.1 Å². The van der Waals surface area contributed by atoms with Gasteiger partial charge in [0.1, 0.15) is 0 Å². The van der Waals surface area contributed by atoms with Gasteiger partial charge in [-0.25, -0.2) is 4.68 Å². The first-order chi connectivity index (χ1) is 7.90. The molecule has 96 valence electrons. The van der Waals surface area contributed by atoms with Gasteiger partial charge in [-0.2, -0.15) is 5.10 Å². The molecule has 0 aliphatic heterocycles. The second-order valence-electron chi connectivity index (χ2n) is 5.21. The van der Waals surface area contributed by atoms with Gasteiger partial charge in [0.15, 0.2) is 0 Å². The molecule has 1 aromatic heterocycles. The molecule has 0 atom stereocenters. The van der Waals surface area contributed by atoms with Crippen LogP contribution in [0.2, 0.25) is 0 Å². The maximum atomic E-state index is 12.0. The fraction of sp³-hybridized carbons (Fsp3) is 0.692. The third kappa shape index (κ3) is 3.40. The molecule has 0 aromatic carbocycles. The second kappa shape index (κ2) is 5.45. The number of rotatable bonds is 4. The van der Waals surface area contributed by atoms with Crippen molar-refractivity contribution in [3.05, 3.63) is 27.7 Å². The lowest BCUT2D eigenvalue weighted by Crippen LogP contribution is -2.32. The summed E-state index contributed by atoms with van der Waals surface area (Å²) in [6, 6.07) is 1.93. The van der Waals surface area contributed by atoms with E-state index in [-0.39, 0.29) is 11.0 Å². The summed E-state index contributed by atoms with van der Waals surface area (Å²) in [4.78, 5) is 12.0. The first-order valence-corrected chi connectivity index (χ1v) is 6.22. The van der Waals surface area contributed by atoms with E-state index in [1.165, 1.54) is 0 Å². The van der Waals surface area contributed by atoms with E-state index in [9.17, 15) is 4.79 Å². The first kappa shape index (κ1) is 13.9. The van der Waals surface area contributed by atoms with Gasteiger partial charge >= 0.3 is 0 Å². The normalized spacial score (nSPS) is 11.8. The van der Waals surface area contributed by atoms with Gasteiger partial charge in [0.2, 0.25) is 0 Å². The van der Waals surface area contributed by atoms with E-state index in [0.717, 1.165) is 17.8 Å². The van der Waals surface area contributed by atoms with Gasteiger partial charge in [-0.3, -0.25) is 4.79 Å². The van der Waals surface area contributed by atoms with Crippen LogP contribution in [0.15, 0.2) is 10.9 Å². The van der Waals surface area contributed by atoms with Crippen LogP contribution in [0.5, 0.6) is 0 Å². The lowest BCUT2D eigenvalue weighted by Gasteiger charge is -2.19. The monoisotopic (exact) mass is 237 g/mol. The fourth-order valence-corrected chi connectivity index (χ4v) is 1.56. The highest BCUT2D eigenvalue weighted by molar-refractivity contribution is 5.19. The van der Waals surface area contributed by atoms with E-state index >= 15 is 0 Å². The Kier molecular flexibility index (Phi) is 4.46. The highest BCUT2D eigenvalue weighted by Gasteiger charge is 2.18. The van der Waals surface area contributed by atoms with Gasteiger partial charge in [-0.15, -0.1) is 0 Å². The number of nitrogens with one attached hydrogen (secondary N) is 1. The molecule has 0 fully saturated rings. The summed E-state index contributed by atoms with van der Waals surface area (Å²) in [6.45, 7) is 12.4. The molecule has 0 aliphatic rings. The molecule has 0 radical (unpaired) electrons. The van der Waals surface area contributed by atoms with E-state index in [0.29, 0.717) is 13.1 Å². The summed E-state index contributed by atoms with van der Waals surface area (Å²) < 4.78 is 1.55. The molecule has 0 amide bonds. The van der Waals surface area contributed by atoms with Gasteiger partial charge in [0.05, 0.1) is 5.69 Å². The molecule has 0 aliphatic carbocycles. The van der Waals surface area contributed by atoms with Crippen molar-refractivity contribution in [2.45, 2.75) is 53.1 Å². The minimum atomic E-state index is -0.0361. The van der Waals surface area contributed by atoms with Gasteiger partial charge in [-0.05, 0) is 19.5 Å². The lowest BCUT2D eigenvalue weighted by atomic mass is 9.91. The van der Waals surface area contributed by atoms with Gasteiger partial charge < -0.3 is 5.32 Å². The highest BCUT2D eigenvalue weighted by atomic mass is 16.1. The summed E-state index contributed by atoms with van der Waals surface area (Å²) in [5.74, 6) is 0. The third-order valence-corrected chi connectivity index (χ3v) is 2.68. The third-order valence-electron chi connectivity index (χ3n) is 2.68. The Morgan fingerprint density at radius 2 is 2.00 bits per heavy atom. The predicted octanol–water partition coefficient (Wildman–Crippen LogP) is 1.67. The minimum absolute atomic E-state index is 0.0152. The van der Waals surface area contributed by atoms with Crippen molar-refractivity contribution >= 4 is 0 Å². The van der Waals surface area contributed by atoms with E-state index in [2.05, 4.69) is 31.2 Å². The van der Waals surface area contributed by atoms with Crippen molar-refractivity contribution in [3.8, 4) is 0 Å². The Morgan fingerprint density at radius 1 is 1.35 bits per heavy atom. The molecule has 0 saturated heterocycles. The molecule has 1 rings (SSSR count). The fourth-order valence-electron chi connectivity index (χ4n) is 1.56. The SMILES string of the molecule is CCNCc1cc(C(C)(C)C)nn(CC)c1=O. The number of hydrogen-bond acceptors (Lipinski definition) is 3. The Morgan fingerprint density at radius 3 is 2.47 bits per heavy atom. The standard InChI is InChI=1S/C13H23N3O/c1-6-14-9-10-8-11(13(3,4)5)15-16(7-2)12(10)17/h8,14H,6-7,9H2,1-5H3. The van der Waals surface area contributed by atoms with E-state index in [4.69, 9.17) is 0 Å². The molecule has 1 aromatic rings. The summed E-state index contributed by atoms with van der Waals surface area (Å²) in [7, 11) is 0. The van der Waals surface area contributed by atoms with Crippen LogP contribution in [-0.4, -0.2) is 16.3 Å². The average molecular weight is 237 g/mol. The summed E-state index contributed by atoms with van der Waals surface area (Å²) in [5, 5.41) is 7.60. The number of aryl methyl sites for hydroxylation is 1. The van der Waals surface area contributed by atoms with Crippen LogP contribution >= 0.6 is 0 Å². The zero-order chi connectivity index (χ0) is 13.1. The van der Waals surface area contributed by atoms with Crippen LogP contribution in [0.1, 0.15) is 45.9 Å². The van der Waals surface area contributed by atoms with Crippen LogP contribution < -0.4 is 10.9 Å². The molecule has 4 nitrogen and oxygen atoms in total. The zero-order valence-corrected chi connectivity index (χ0v) is 11.5. The first-order valence-electron chi connectivity index (χ1n) is 6.22. The van der Waals surface area contributed by atoms with Crippen molar-refractivity contribution in [3.63, 3.8) is 0 Å². The van der Waals surface area contributed by atoms with Crippen molar-refractivity contribution in [2.24, 2.45) is 0 Å². The van der Waals surface area contributed by atoms with Crippen molar-refractivity contribution in [2.75, 3.05) is 6.54 Å². The molecular formula is C13H23N3O. The highest BCUT2D eigenvalue weighted by Crippen LogP contribution is 2.19. The maximum absolute atomic E-state index is 12.0. The molecule has 1 heterocycles. The van der Waals surface area contributed by atoms with Crippen molar-refractivity contribution in [1.29, 1.82) is 0 Å². The van der Waals surface area contributed by atoms with Crippen LogP contribution in [-0.2, 0) is 18.5 Å². The van der Waals surface area contributed by atoms with Gasteiger partial charge in [0, 0.05) is 24.1 Å². The average Bonchev–Trinajstić information content (AvgIpc) is 2.26. The largest absolute Gasteiger partial charge is 0.313 e. The van der Waals surface area contributed by atoms with Gasteiger partial charge in [-0.1, -0.05) is 27.7 Å². The smallest absolute Gasteiger partial charge is 0.271 e. The molecule has 0 spiro atoms. The number of aromatic nitrogens is 2. The topological polar surface area (TPSA) is 46.9 Å². The van der Waals surface area contributed by atoms with E-state index in [1.54, 1.807) is 4.68 Å². The number of nitrogens with zero attached hydrogens (tertiary/aromatic N) is 2. The molecule has 4 heteroatoms. The Labute approximate surface area is 103 Å². The summed E-state index contributed by atoms with van der Waals surface area (Å²) in [6.07, 6.45) is 0. The Hall–Kier alpha value is -1.16. The van der Waals surface area contributed by atoms with Crippen LogP contribution in [0, 0.1) is 0 Å². The number of hydrogen-bond donors (Lipinski definition) is 1. The van der Waals surface area contributed by atoms with Crippen LogP contribution in [0.3, 0.4) is 0 Å². The minimum Gasteiger partial charge on any atom is -0.313 e. The zero-order valence-electron chi connectivity index (χ0n) is 11.5. The summed E-state index contributed by atoms with van der Waals surface area (Å²) in [5.41, 5.74) is 1.74. The molecule has 17 heavy (non-hydrogen) atoms.